The first kappa shape index (κ1) is 12.3. The van der Waals surface area contributed by atoms with Crippen LogP contribution in [0.1, 0.15) is 17.2 Å². The molecule has 15 heavy (non-hydrogen) atoms. The second-order valence-electron chi connectivity index (χ2n) is 3.06. The molecule has 0 fully saturated rings. The summed E-state index contributed by atoms with van der Waals surface area (Å²) in [6.45, 7) is -0.433. The van der Waals surface area contributed by atoms with Gasteiger partial charge in [-0.25, -0.2) is 0 Å². The smallest absolute Gasteiger partial charge is 0.394 e. The minimum atomic E-state index is -4.46. The van der Waals surface area contributed by atoms with Crippen LogP contribution in [-0.2, 0) is 6.18 Å². The molecule has 0 aromatic heterocycles. The normalized spacial score (nSPS) is 14.0. The molecular weight excluding hydrogens is 231 g/mol. The van der Waals surface area contributed by atoms with Crippen molar-refractivity contribution in [3.8, 4) is 0 Å². The Balaban J connectivity index is 3.17. The first-order chi connectivity index (χ1) is 6.84. The molecule has 0 unspecified atom stereocenters. The minimum Gasteiger partial charge on any atom is -0.394 e. The Morgan fingerprint density at radius 2 is 1.93 bits per heavy atom. The number of halogens is 4. The monoisotopic (exact) mass is 239 g/mol. The third-order valence-corrected chi connectivity index (χ3v) is 2.09. The molecule has 1 aromatic rings. The van der Waals surface area contributed by atoms with Gasteiger partial charge in [0.05, 0.1) is 18.2 Å². The van der Waals surface area contributed by atoms with Gasteiger partial charge in [0.1, 0.15) is 0 Å². The molecule has 3 N–H and O–H groups in total. The van der Waals surface area contributed by atoms with E-state index in [-0.39, 0.29) is 10.6 Å². The fraction of sp³-hybridized carbons (Fsp3) is 0.333. The Morgan fingerprint density at radius 1 is 1.33 bits per heavy atom. The van der Waals surface area contributed by atoms with Crippen LogP contribution in [0.3, 0.4) is 0 Å². The van der Waals surface area contributed by atoms with Gasteiger partial charge in [-0.2, -0.15) is 13.2 Å². The zero-order valence-electron chi connectivity index (χ0n) is 7.55. The van der Waals surface area contributed by atoms with E-state index in [0.717, 1.165) is 12.1 Å². The van der Waals surface area contributed by atoms with Gasteiger partial charge in [-0.15, -0.1) is 0 Å². The third kappa shape index (κ3) is 3.09. The predicted octanol–water partition coefficient (Wildman–Crippen LogP) is 2.35. The number of hydrogen-bond acceptors (Lipinski definition) is 2. The number of hydrogen-bond donors (Lipinski definition) is 2. The summed E-state index contributed by atoms with van der Waals surface area (Å²) < 4.78 is 37.1. The maximum atomic E-state index is 12.4. The molecule has 0 bridgehead atoms. The second-order valence-corrected chi connectivity index (χ2v) is 3.50. The molecule has 1 aromatic carbocycles. The molecule has 0 saturated heterocycles. The molecule has 0 heterocycles. The van der Waals surface area contributed by atoms with Crippen molar-refractivity contribution in [1.29, 1.82) is 0 Å². The number of nitrogens with two attached hydrogens (primary N) is 1. The van der Waals surface area contributed by atoms with Crippen LogP contribution >= 0.6 is 11.6 Å². The van der Waals surface area contributed by atoms with E-state index >= 15 is 0 Å². The Morgan fingerprint density at radius 3 is 2.40 bits per heavy atom. The van der Waals surface area contributed by atoms with Crippen LogP contribution in [0.25, 0.3) is 0 Å². The minimum absolute atomic E-state index is 0.0521. The highest BCUT2D eigenvalue weighted by atomic mass is 35.5. The van der Waals surface area contributed by atoms with Crippen molar-refractivity contribution in [3.63, 3.8) is 0 Å². The average molecular weight is 240 g/mol. The summed E-state index contributed by atoms with van der Waals surface area (Å²) >= 11 is 5.52. The zero-order valence-corrected chi connectivity index (χ0v) is 8.31. The zero-order chi connectivity index (χ0) is 11.6. The maximum absolute atomic E-state index is 12.4. The van der Waals surface area contributed by atoms with E-state index in [2.05, 4.69) is 0 Å². The molecule has 1 atom stereocenters. The molecule has 1 rings (SSSR count). The van der Waals surface area contributed by atoms with Gasteiger partial charge < -0.3 is 10.8 Å². The molecule has 0 amide bonds. The van der Waals surface area contributed by atoms with E-state index in [1.807, 2.05) is 0 Å². The van der Waals surface area contributed by atoms with Gasteiger partial charge in [-0.1, -0.05) is 11.6 Å². The number of alkyl halides is 3. The lowest BCUT2D eigenvalue weighted by molar-refractivity contribution is -0.137. The number of rotatable bonds is 2. The van der Waals surface area contributed by atoms with Crippen molar-refractivity contribution in [3.05, 3.63) is 34.3 Å². The van der Waals surface area contributed by atoms with Crippen molar-refractivity contribution in [2.75, 3.05) is 6.61 Å². The van der Waals surface area contributed by atoms with Crippen LogP contribution in [0.5, 0.6) is 0 Å². The lowest BCUT2D eigenvalue weighted by Crippen LogP contribution is -2.16. The van der Waals surface area contributed by atoms with E-state index in [1.165, 1.54) is 6.07 Å². The van der Waals surface area contributed by atoms with Gasteiger partial charge in [-0.3, -0.25) is 0 Å². The summed E-state index contributed by atoms with van der Waals surface area (Å²) in [5.74, 6) is 0. The molecule has 0 radical (unpaired) electrons. The molecule has 0 aliphatic rings. The average Bonchev–Trinajstić information content (AvgIpc) is 2.14. The largest absolute Gasteiger partial charge is 0.416 e. The lowest BCUT2D eigenvalue weighted by Gasteiger charge is -2.13. The molecule has 6 heteroatoms. The van der Waals surface area contributed by atoms with E-state index in [9.17, 15) is 13.2 Å². The maximum Gasteiger partial charge on any atom is 0.416 e. The Kier molecular flexibility index (Phi) is 3.59. The first-order valence-electron chi connectivity index (χ1n) is 4.08. The quantitative estimate of drug-likeness (QED) is 0.832. The predicted molar refractivity (Wildman–Crippen MR) is 50.5 cm³/mol. The molecule has 0 saturated carbocycles. The van der Waals surface area contributed by atoms with E-state index in [0.29, 0.717) is 0 Å². The molecule has 0 aliphatic heterocycles. The molecule has 0 aliphatic carbocycles. The summed E-state index contributed by atoms with van der Waals surface area (Å²) in [4.78, 5) is 0. The van der Waals surface area contributed by atoms with Crippen molar-refractivity contribution in [2.45, 2.75) is 12.2 Å². The number of aliphatic hydroxyl groups is 1. The van der Waals surface area contributed by atoms with Gasteiger partial charge in [-0.05, 0) is 23.8 Å². The van der Waals surface area contributed by atoms with E-state index in [4.69, 9.17) is 22.4 Å². The van der Waals surface area contributed by atoms with Gasteiger partial charge in [0.2, 0.25) is 0 Å². The molecule has 84 valence electrons. The number of benzene rings is 1. The van der Waals surface area contributed by atoms with Crippen LogP contribution in [0.15, 0.2) is 18.2 Å². The van der Waals surface area contributed by atoms with Crippen molar-refractivity contribution >= 4 is 11.6 Å². The van der Waals surface area contributed by atoms with Crippen LogP contribution in [-0.4, -0.2) is 11.7 Å². The van der Waals surface area contributed by atoms with Gasteiger partial charge in [0, 0.05) is 5.02 Å². The van der Waals surface area contributed by atoms with Crippen LogP contribution in [0.4, 0.5) is 13.2 Å². The van der Waals surface area contributed by atoms with Gasteiger partial charge in [0.15, 0.2) is 0 Å². The Labute approximate surface area is 89.5 Å². The highest BCUT2D eigenvalue weighted by Gasteiger charge is 2.31. The summed E-state index contributed by atoms with van der Waals surface area (Å²) in [6.07, 6.45) is -4.46. The van der Waals surface area contributed by atoms with E-state index in [1.54, 1.807) is 0 Å². The van der Waals surface area contributed by atoms with E-state index < -0.39 is 24.4 Å². The lowest BCUT2D eigenvalue weighted by atomic mass is 10.0. The standard InChI is InChI=1S/C9H9ClF3NO/c10-7-2-5(8(14)4-15)1-6(3-7)9(11,12)13/h1-3,8,15H,4,14H2/t8-/m0/s1. The highest BCUT2D eigenvalue weighted by Crippen LogP contribution is 2.32. The van der Waals surface area contributed by atoms with Crippen LogP contribution in [0, 0.1) is 0 Å². The van der Waals surface area contributed by atoms with Gasteiger partial charge in [0.25, 0.3) is 0 Å². The summed E-state index contributed by atoms with van der Waals surface area (Å²) in [7, 11) is 0. The van der Waals surface area contributed by atoms with Crippen LogP contribution in [0.2, 0.25) is 5.02 Å². The fourth-order valence-electron chi connectivity index (χ4n) is 1.10. The molecule has 2 nitrogen and oxygen atoms in total. The summed E-state index contributed by atoms with van der Waals surface area (Å²) in [5.41, 5.74) is 4.70. The molecular formula is C9H9ClF3NO. The number of aliphatic hydroxyl groups excluding tert-OH is 1. The Bertz CT molecular complexity index is 354. The topological polar surface area (TPSA) is 46.2 Å². The Hall–Kier alpha value is -0.780. The SMILES string of the molecule is N[C@@H](CO)c1cc(Cl)cc(C(F)(F)F)c1. The third-order valence-electron chi connectivity index (χ3n) is 1.87. The summed E-state index contributed by atoms with van der Waals surface area (Å²) in [5, 5.41) is 8.67. The first-order valence-corrected chi connectivity index (χ1v) is 4.46. The van der Waals surface area contributed by atoms with Crippen LogP contribution < -0.4 is 5.73 Å². The second kappa shape index (κ2) is 4.38. The fourth-order valence-corrected chi connectivity index (χ4v) is 1.34. The summed E-state index contributed by atoms with van der Waals surface area (Å²) in [6, 6.07) is 2.14. The van der Waals surface area contributed by atoms with Crippen molar-refractivity contribution in [2.24, 2.45) is 5.73 Å². The highest BCUT2D eigenvalue weighted by molar-refractivity contribution is 6.30. The van der Waals surface area contributed by atoms with Gasteiger partial charge >= 0.3 is 6.18 Å². The molecule has 0 spiro atoms. The van der Waals surface area contributed by atoms with Crippen molar-refractivity contribution in [1.82, 2.24) is 0 Å². The van der Waals surface area contributed by atoms with Crippen molar-refractivity contribution < 1.29 is 18.3 Å².